The Balaban J connectivity index is 3.08. The fourth-order valence-electron chi connectivity index (χ4n) is 2.29. The van der Waals surface area contributed by atoms with E-state index in [2.05, 4.69) is 5.32 Å². The molecule has 0 unspecified atom stereocenters. The summed E-state index contributed by atoms with van der Waals surface area (Å²) in [6.45, 7) is 6.50. The van der Waals surface area contributed by atoms with E-state index < -0.39 is 16.1 Å². The topological polar surface area (TPSA) is 69.7 Å². The van der Waals surface area contributed by atoms with Gasteiger partial charge in [-0.1, -0.05) is 12.1 Å². The van der Waals surface area contributed by atoms with Gasteiger partial charge in [-0.3, -0.25) is 9.10 Å². The molecule has 0 aliphatic rings. The molecule has 1 amide bonds. The van der Waals surface area contributed by atoms with Gasteiger partial charge in [0, 0.05) is 13.1 Å². The lowest BCUT2D eigenvalue weighted by Crippen LogP contribution is -2.49. The summed E-state index contributed by atoms with van der Waals surface area (Å²) in [5, 5.41) is 2.78. The average Bonchev–Trinajstić information content (AvgIpc) is 2.40. The zero-order valence-corrected chi connectivity index (χ0v) is 15.6. The van der Waals surface area contributed by atoms with E-state index in [9.17, 15) is 13.2 Å². The molecule has 1 N–H and O–H groups in total. The predicted octanol–water partition coefficient (Wildman–Crippen LogP) is 1.14. The Morgan fingerprint density at radius 3 is 2.39 bits per heavy atom. The lowest BCUT2D eigenvalue weighted by Gasteiger charge is -2.30. The summed E-state index contributed by atoms with van der Waals surface area (Å²) in [4.78, 5) is 14.3. The van der Waals surface area contributed by atoms with E-state index in [-0.39, 0.29) is 5.91 Å². The van der Waals surface area contributed by atoms with Gasteiger partial charge in [0.2, 0.25) is 15.9 Å². The van der Waals surface area contributed by atoms with Gasteiger partial charge in [-0.25, -0.2) is 8.42 Å². The molecule has 0 saturated heterocycles. The second-order valence-corrected chi connectivity index (χ2v) is 7.98. The van der Waals surface area contributed by atoms with Crippen LogP contribution in [0.15, 0.2) is 18.2 Å². The van der Waals surface area contributed by atoms with Crippen LogP contribution in [0.1, 0.15) is 18.1 Å². The van der Waals surface area contributed by atoms with Crippen molar-refractivity contribution in [2.24, 2.45) is 0 Å². The van der Waals surface area contributed by atoms with Crippen LogP contribution in [-0.4, -0.2) is 58.7 Å². The maximum absolute atomic E-state index is 12.3. The average molecular weight is 341 g/mol. The third-order valence-corrected chi connectivity index (χ3v) is 4.78. The lowest BCUT2D eigenvalue weighted by molar-refractivity contribution is -0.121. The number of nitrogens with one attached hydrogen (secondary N) is 1. The van der Waals surface area contributed by atoms with Gasteiger partial charge in [0.25, 0.3) is 0 Å². The van der Waals surface area contributed by atoms with E-state index in [4.69, 9.17) is 0 Å². The van der Waals surface area contributed by atoms with Crippen molar-refractivity contribution in [2.75, 3.05) is 37.7 Å². The minimum atomic E-state index is -3.58. The SMILES string of the molecule is Cc1ccc(C)c(N([C@@H](C)C(=O)NCCN(C)C)S(C)(=O)=O)c1. The Labute approximate surface area is 139 Å². The number of nitrogens with zero attached hydrogens (tertiary/aromatic N) is 2. The van der Waals surface area contributed by atoms with Crippen molar-refractivity contribution in [3.8, 4) is 0 Å². The maximum Gasteiger partial charge on any atom is 0.243 e. The van der Waals surface area contributed by atoms with E-state index in [0.29, 0.717) is 18.8 Å². The van der Waals surface area contributed by atoms with Crippen LogP contribution in [0, 0.1) is 13.8 Å². The van der Waals surface area contributed by atoms with Gasteiger partial charge >= 0.3 is 0 Å². The first-order valence-electron chi connectivity index (χ1n) is 7.53. The number of rotatable bonds is 7. The van der Waals surface area contributed by atoms with Crippen LogP contribution in [-0.2, 0) is 14.8 Å². The van der Waals surface area contributed by atoms with Crippen LogP contribution in [0.3, 0.4) is 0 Å². The molecule has 0 aliphatic heterocycles. The van der Waals surface area contributed by atoms with Crippen molar-refractivity contribution in [2.45, 2.75) is 26.8 Å². The Hall–Kier alpha value is -1.60. The number of benzene rings is 1. The number of hydrogen-bond donors (Lipinski definition) is 1. The fraction of sp³-hybridized carbons (Fsp3) is 0.562. The molecule has 1 rings (SSSR count). The number of likely N-dealkylation sites (N-methyl/N-ethyl adjacent to an activating group) is 1. The van der Waals surface area contributed by atoms with E-state index in [1.54, 1.807) is 13.0 Å². The van der Waals surface area contributed by atoms with Crippen LogP contribution in [0.2, 0.25) is 0 Å². The zero-order chi connectivity index (χ0) is 17.8. The highest BCUT2D eigenvalue weighted by Crippen LogP contribution is 2.26. The number of hydrogen-bond acceptors (Lipinski definition) is 4. The van der Waals surface area contributed by atoms with Gasteiger partial charge in [0.1, 0.15) is 6.04 Å². The number of carbonyl (C=O) groups excluding carboxylic acids is 1. The van der Waals surface area contributed by atoms with E-state index >= 15 is 0 Å². The molecule has 6 nitrogen and oxygen atoms in total. The van der Waals surface area contributed by atoms with Crippen LogP contribution in [0.4, 0.5) is 5.69 Å². The molecule has 0 spiro atoms. The molecule has 0 aliphatic carbocycles. The monoisotopic (exact) mass is 341 g/mol. The van der Waals surface area contributed by atoms with Crippen molar-refractivity contribution in [3.05, 3.63) is 29.3 Å². The van der Waals surface area contributed by atoms with E-state index in [1.807, 2.05) is 45.0 Å². The van der Waals surface area contributed by atoms with Crippen LogP contribution >= 0.6 is 0 Å². The summed E-state index contributed by atoms with van der Waals surface area (Å²) in [6.07, 6.45) is 1.12. The standard InChI is InChI=1S/C16H27N3O3S/c1-12-7-8-13(2)15(11-12)19(23(6,21)22)14(3)16(20)17-9-10-18(4)5/h7-8,11,14H,9-10H2,1-6H3,(H,17,20)/t14-/m0/s1. The Kier molecular flexibility index (Phi) is 6.58. The second-order valence-electron chi connectivity index (χ2n) is 6.12. The summed E-state index contributed by atoms with van der Waals surface area (Å²) >= 11 is 0. The highest BCUT2D eigenvalue weighted by atomic mass is 32.2. The summed E-state index contributed by atoms with van der Waals surface area (Å²) in [5.74, 6) is -0.307. The molecule has 0 fully saturated rings. The molecular formula is C16H27N3O3S. The molecule has 1 aromatic rings. The number of carbonyl (C=O) groups is 1. The van der Waals surface area contributed by atoms with Crippen molar-refractivity contribution >= 4 is 21.6 Å². The first kappa shape index (κ1) is 19.4. The van der Waals surface area contributed by atoms with Crippen LogP contribution in [0.25, 0.3) is 0 Å². The number of amides is 1. The minimum absolute atomic E-state index is 0.307. The van der Waals surface area contributed by atoms with Crippen molar-refractivity contribution in [1.82, 2.24) is 10.2 Å². The Morgan fingerprint density at radius 1 is 1.26 bits per heavy atom. The molecule has 1 atom stereocenters. The molecule has 7 heteroatoms. The van der Waals surface area contributed by atoms with Crippen LogP contribution in [0.5, 0.6) is 0 Å². The third-order valence-electron chi connectivity index (χ3n) is 3.55. The summed E-state index contributed by atoms with van der Waals surface area (Å²) in [5.41, 5.74) is 2.30. The second kappa shape index (κ2) is 7.79. The highest BCUT2D eigenvalue weighted by Gasteiger charge is 2.29. The largest absolute Gasteiger partial charge is 0.353 e. The van der Waals surface area contributed by atoms with Crippen molar-refractivity contribution < 1.29 is 13.2 Å². The van der Waals surface area contributed by atoms with E-state index in [0.717, 1.165) is 17.4 Å². The first-order chi connectivity index (χ1) is 10.5. The summed E-state index contributed by atoms with van der Waals surface area (Å²) in [6, 6.07) is 4.76. The number of anilines is 1. The first-order valence-corrected chi connectivity index (χ1v) is 9.38. The fourth-order valence-corrected chi connectivity index (χ4v) is 3.51. The highest BCUT2D eigenvalue weighted by molar-refractivity contribution is 7.92. The normalized spacial score (nSPS) is 13.0. The van der Waals surface area contributed by atoms with Crippen LogP contribution < -0.4 is 9.62 Å². The molecule has 0 radical (unpaired) electrons. The molecule has 130 valence electrons. The molecule has 23 heavy (non-hydrogen) atoms. The zero-order valence-electron chi connectivity index (χ0n) is 14.8. The Morgan fingerprint density at radius 2 is 1.87 bits per heavy atom. The molecule has 1 aromatic carbocycles. The van der Waals surface area contributed by atoms with Gasteiger partial charge in [-0.05, 0) is 52.1 Å². The van der Waals surface area contributed by atoms with Crippen molar-refractivity contribution in [3.63, 3.8) is 0 Å². The smallest absolute Gasteiger partial charge is 0.243 e. The maximum atomic E-state index is 12.3. The van der Waals surface area contributed by atoms with E-state index in [1.165, 1.54) is 4.31 Å². The quantitative estimate of drug-likeness (QED) is 0.807. The molecule has 0 saturated carbocycles. The number of sulfonamides is 1. The Bertz CT molecular complexity index is 657. The predicted molar refractivity (Wildman–Crippen MR) is 94.3 cm³/mol. The van der Waals surface area contributed by atoms with Gasteiger partial charge in [0.05, 0.1) is 11.9 Å². The molecule has 0 heterocycles. The third kappa shape index (κ3) is 5.51. The van der Waals surface area contributed by atoms with Crippen molar-refractivity contribution in [1.29, 1.82) is 0 Å². The van der Waals surface area contributed by atoms with Gasteiger partial charge in [-0.15, -0.1) is 0 Å². The molecular weight excluding hydrogens is 314 g/mol. The molecule has 0 bridgehead atoms. The molecule has 0 aromatic heterocycles. The van der Waals surface area contributed by atoms with Gasteiger partial charge in [-0.2, -0.15) is 0 Å². The number of aryl methyl sites for hydroxylation is 2. The summed E-state index contributed by atoms with van der Waals surface area (Å²) < 4.78 is 25.7. The summed E-state index contributed by atoms with van der Waals surface area (Å²) in [7, 11) is 0.242. The van der Waals surface area contributed by atoms with Gasteiger partial charge in [0.15, 0.2) is 0 Å². The minimum Gasteiger partial charge on any atom is -0.353 e. The van der Waals surface area contributed by atoms with Gasteiger partial charge < -0.3 is 10.2 Å². The lowest BCUT2D eigenvalue weighted by atomic mass is 10.1.